The predicted molar refractivity (Wildman–Crippen MR) is 134 cm³/mol. The largest absolute Gasteiger partial charge is 0.396 e. The number of rotatable bonds is 5. The van der Waals surface area contributed by atoms with Crippen LogP contribution in [0.2, 0.25) is 0 Å². The summed E-state index contributed by atoms with van der Waals surface area (Å²) in [6.07, 6.45) is 2.30. The van der Waals surface area contributed by atoms with Gasteiger partial charge in [-0.05, 0) is 43.2 Å². The number of nitriles is 1. The fourth-order valence-corrected chi connectivity index (χ4v) is 5.19. The minimum Gasteiger partial charge on any atom is -0.396 e. The van der Waals surface area contributed by atoms with E-state index in [4.69, 9.17) is 4.98 Å². The average molecular weight is 458 g/mol. The first-order chi connectivity index (χ1) is 16.4. The lowest BCUT2D eigenvalue weighted by Gasteiger charge is -2.33. The Morgan fingerprint density at radius 2 is 1.91 bits per heavy atom. The lowest BCUT2D eigenvalue weighted by molar-refractivity contribution is 0.140. The number of piperidine rings is 1. The van der Waals surface area contributed by atoms with Gasteiger partial charge < -0.3 is 14.9 Å². The summed E-state index contributed by atoms with van der Waals surface area (Å²) in [6, 6.07) is 15.9. The van der Waals surface area contributed by atoms with E-state index >= 15 is 0 Å². The molecule has 0 saturated carbocycles. The van der Waals surface area contributed by atoms with Crippen molar-refractivity contribution in [1.82, 2.24) is 14.5 Å². The number of benzene rings is 2. The molecule has 2 aromatic carbocycles. The maximum absolute atomic E-state index is 13.9. The summed E-state index contributed by atoms with van der Waals surface area (Å²) in [5.74, 6) is 0.519. The molecule has 0 amide bonds. The van der Waals surface area contributed by atoms with Crippen LogP contribution in [0.15, 0.2) is 47.3 Å². The maximum Gasteiger partial charge on any atom is 0.261 e. The smallest absolute Gasteiger partial charge is 0.261 e. The van der Waals surface area contributed by atoms with Crippen LogP contribution >= 0.6 is 0 Å². The van der Waals surface area contributed by atoms with E-state index < -0.39 is 5.41 Å². The summed E-state index contributed by atoms with van der Waals surface area (Å²) in [5, 5.41) is 19.9. The Labute approximate surface area is 199 Å². The summed E-state index contributed by atoms with van der Waals surface area (Å²) >= 11 is 0. The molecule has 0 unspecified atom stereocenters. The molecule has 3 aliphatic rings. The minimum atomic E-state index is -0.503. The SMILES string of the molecule is CC(C)(CO)Cn1c(-c2cccc(C#N)c2)nc2ccc(N3CCN4CCC3CC4)cc2c1=O. The fourth-order valence-electron chi connectivity index (χ4n) is 5.19. The summed E-state index contributed by atoms with van der Waals surface area (Å²) in [5.41, 5.74) is 2.33. The van der Waals surface area contributed by atoms with Crippen molar-refractivity contribution in [2.75, 3.05) is 37.7 Å². The van der Waals surface area contributed by atoms with Crippen LogP contribution in [0.25, 0.3) is 22.3 Å². The number of fused-ring (bicyclic) bond motifs is 5. The highest BCUT2D eigenvalue weighted by molar-refractivity contribution is 5.83. The van der Waals surface area contributed by atoms with Crippen LogP contribution in [-0.2, 0) is 6.54 Å². The molecule has 176 valence electrons. The fraction of sp³-hybridized carbons (Fsp3) is 0.444. The van der Waals surface area contributed by atoms with Gasteiger partial charge in [0.05, 0.1) is 22.5 Å². The molecule has 0 aliphatic carbocycles. The Morgan fingerprint density at radius 3 is 2.65 bits per heavy atom. The Kier molecular flexibility index (Phi) is 5.88. The number of hydrogen-bond donors (Lipinski definition) is 1. The van der Waals surface area contributed by atoms with Crippen LogP contribution in [0.1, 0.15) is 32.3 Å². The first-order valence-electron chi connectivity index (χ1n) is 12.0. The second-order valence-corrected chi connectivity index (χ2v) is 10.3. The number of nitrogens with zero attached hydrogens (tertiary/aromatic N) is 5. The van der Waals surface area contributed by atoms with Crippen molar-refractivity contribution < 1.29 is 5.11 Å². The highest BCUT2D eigenvalue weighted by atomic mass is 16.3. The number of aliphatic hydroxyl groups is 1. The number of hydrogen-bond acceptors (Lipinski definition) is 6. The van der Waals surface area contributed by atoms with Gasteiger partial charge in [0.15, 0.2) is 0 Å². The zero-order valence-corrected chi connectivity index (χ0v) is 19.9. The van der Waals surface area contributed by atoms with Gasteiger partial charge in [0, 0.05) is 62.0 Å². The van der Waals surface area contributed by atoms with Gasteiger partial charge in [0.2, 0.25) is 0 Å². The highest BCUT2D eigenvalue weighted by Crippen LogP contribution is 2.30. The summed E-state index contributed by atoms with van der Waals surface area (Å²) in [4.78, 5) is 23.8. The Morgan fingerprint density at radius 1 is 1.12 bits per heavy atom. The van der Waals surface area contributed by atoms with E-state index in [1.165, 1.54) is 0 Å². The van der Waals surface area contributed by atoms with Crippen molar-refractivity contribution in [1.29, 1.82) is 5.26 Å². The van der Waals surface area contributed by atoms with Gasteiger partial charge in [-0.3, -0.25) is 9.36 Å². The van der Waals surface area contributed by atoms with E-state index in [0.717, 1.165) is 50.3 Å². The molecule has 3 saturated heterocycles. The minimum absolute atomic E-state index is 0.0544. The molecule has 0 atom stereocenters. The van der Waals surface area contributed by atoms with Crippen molar-refractivity contribution in [3.05, 3.63) is 58.4 Å². The molecule has 34 heavy (non-hydrogen) atoms. The number of aromatic nitrogens is 2. The van der Waals surface area contributed by atoms with Gasteiger partial charge >= 0.3 is 0 Å². The number of anilines is 1. The second kappa shape index (κ2) is 8.86. The molecule has 7 heteroatoms. The van der Waals surface area contributed by atoms with E-state index in [1.807, 2.05) is 32.0 Å². The highest BCUT2D eigenvalue weighted by Gasteiger charge is 2.29. The molecule has 3 aliphatic heterocycles. The molecule has 0 spiro atoms. The Bertz CT molecular complexity index is 1310. The molecule has 1 N–H and O–H groups in total. The maximum atomic E-state index is 13.9. The molecule has 6 rings (SSSR count). The first kappa shape index (κ1) is 22.6. The number of aliphatic hydroxyl groups excluding tert-OH is 1. The van der Waals surface area contributed by atoms with Crippen LogP contribution in [0.3, 0.4) is 0 Å². The van der Waals surface area contributed by atoms with Gasteiger partial charge in [-0.2, -0.15) is 5.26 Å². The molecule has 3 fully saturated rings. The van der Waals surface area contributed by atoms with E-state index in [-0.39, 0.29) is 12.2 Å². The molecule has 4 heterocycles. The second-order valence-electron chi connectivity index (χ2n) is 10.3. The van der Waals surface area contributed by atoms with Gasteiger partial charge in [-0.1, -0.05) is 26.0 Å². The lowest BCUT2D eigenvalue weighted by Crippen LogP contribution is -2.38. The first-order valence-corrected chi connectivity index (χ1v) is 12.0. The van der Waals surface area contributed by atoms with Crippen LogP contribution in [0, 0.1) is 16.7 Å². The topological polar surface area (TPSA) is 85.4 Å². The van der Waals surface area contributed by atoms with Crippen LogP contribution < -0.4 is 10.5 Å². The third-order valence-electron chi connectivity index (χ3n) is 7.19. The van der Waals surface area contributed by atoms with E-state index in [9.17, 15) is 15.2 Å². The summed E-state index contributed by atoms with van der Waals surface area (Å²) in [6.45, 7) is 8.43. The molecule has 2 bridgehead atoms. The Balaban J connectivity index is 1.66. The van der Waals surface area contributed by atoms with Gasteiger partial charge in [0.25, 0.3) is 5.56 Å². The van der Waals surface area contributed by atoms with Gasteiger partial charge in [-0.25, -0.2) is 4.98 Å². The monoisotopic (exact) mass is 457 g/mol. The van der Waals surface area contributed by atoms with Crippen molar-refractivity contribution in [3.63, 3.8) is 0 Å². The standard InChI is InChI=1S/C27H31N5O2/c1-27(2,18-33)17-32-25(20-5-3-4-19(14-20)16-28)29-24-7-6-22(15-23(24)26(32)34)31-13-12-30-10-8-21(31)9-11-30/h3-7,14-15,21,33H,8-13,17-18H2,1-2H3. The Hall–Kier alpha value is -3.21. The lowest BCUT2D eigenvalue weighted by atomic mass is 9.94. The van der Waals surface area contributed by atoms with E-state index in [1.54, 1.807) is 22.8 Å². The van der Waals surface area contributed by atoms with Crippen LogP contribution in [0.4, 0.5) is 5.69 Å². The molecule has 3 aromatic rings. The average Bonchev–Trinajstić information content (AvgIpc) is 3.19. The molecule has 1 aromatic heterocycles. The van der Waals surface area contributed by atoms with Crippen LogP contribution in [-0.4, -0.2) is 58.4 Å². The van der Waals surface area contributed by atoms with Crippen molar-refractivity contribution in [2.24, 2.45) is 5.41 Å². The molecular formula is C27H31N5O2. The van der Waals surface area contributed by atoms with Crippen LogP contribution in [0.5, 0.6) is 0 Å². The van der Waals surface area contributed by atoms with E-state index in [2.05, 4.69) is 21.9 Å². The van der Waals surface area contributed by atoms with Gasteiger partial charge in [-0.15, -0.1) is 0 Å². The van der Waals surface area contributed by atoms with Crippen molar-refractivity contribution >= 4 is 16.6 Å². The van der Waals surface area contributed by atoms with Gasteiger partial charge in [0.1, 0.15) is 5.82 Å². The zero-order valence-electron chi connectivity index (χ0n) is 19.9. The van der Waals surface area contributed by atoms with Crippen molar-refractivity contribution in [2.45, 2.75) is 39.3 Å². The molecule has 0 radical (unpaired) electrons. The predicted octanol–water partition coefficient (Wildman–Crippen LogP) is 3.24. The zero-order chi connectivity index (χ0) is 23.9. The van der Waals surface area contributed by atoms with E-state index in [0.29, 0.717) is 34.9 Å². The third kappa shape index (κ3) is 4.20. The van der Waals surface area contributed by atoms with Crippen molar-refractivity contribution in [3.8, 4) is 17.5 Å². The normalized spacial score (nSPS) is 20.4. The summed E-state index contributed by atoms with van der Waals surface area (Å²) in [7, 11) is 0. The summed E-state index contributed by atoms with van der Waals surface area (Å²) < 4.78 is 1.67. The quantitative estimate of drug-likeness (QED) is 0.633. The molecule has 7 nitrogen and oxygen atoms in total. The molecular weight excluding hydrogens is 426 g/mol. The third-order valence-corrected chi connectivity index (χ3v) is 7.19.